The maximum absolute atomic E-state index is 13.1. The zero-order valence-corrected chi connectivity index (χ0v) is 22.1. The summed E-state index contributed by atoms with van der Waals surface area (Å²) in [6.07, 6.45) is 5.00. The Balaban J connectivity index is 2.03. The lowest BCUT2D eigenvalue weighted by molar-refractivity contribution is -0.130. The van der Waals surface area contributed by atoms with Crippen LogP contribution in [0.1, 0.15) is 71.8 Å². The van der Waals surface area contributed by atoms with Crippen molar-refractivity contribution in [3.63, 3.8) is 0 Å². The molecule has 4 atom stereocenters. The highest BCUT2D eigenvalue weighted by molar-refractivity contribution is 5.91. The van der Waals surface area contributed by atoms with Gasteiger partial charge in [-0.3, -0.25) is 9.59 Å². The average Bonchev–Trinajstić information content (AvgIpc) is 2.82. The molecule has 0 bridgehead atoms. The third kappa shape index (κ3) is 10.5. The van der Waals surface area contributed by atoms with E-state index in [-0.39, 0.29) is 13.0 Å². The van der Waals surface area contributed by atoms with E-state index in [9.17, 15) is 19.5 Å². The van der Waals surface area contributed by atoms with Gasteiger partial charge >= 0.3 is 6.09 Å². The molecule has 1 aromatic rings. The van der Waals surface area contributed by atoms with E-state index < -0.39 is 47.7 Å². The van der Waals surface area contributed by atoms with Gasteiger partial charge in [0.15, 0.2) is 0 Å². The van der Waals surface area contributed by atoms with Gasteiger partial charge in [0.05, 0.1) is 12.1 Å². The average molecular weight is 505 g/mol. The standard InChI is InChI=1S/C27H44N4O5/c1-18(24(33)30-21(23(32)17-28)15-19-11-7-5-8-12-19)29-25(34)22(16-20-13-9-6-10-14-20)31-26(35)36-27(2,3)4/h6,9-10,13-14,18-19,21-23,32H,5,7-8,11-12,15-17,28H2,1-4H3,(H,29,34)(H,30,33)(H,31,35)/t18-,21-,22-,23?/m0/s1. The summed E-state index contributed by atoms with van der Waals surface area (Å²) in [6, 6.07) is 6.98. The lowest BCUT2D eigenvalue weighted by Gasteiger charge is -2.30. The Bertz CT molecular complexity index is 836. The molecular weight excluding hydrogens is 460 g/mol. The van der Waals surface area contributed by atoms with Gasteiger partial charge in [-0.15, -0.1) is 0 Å². The first-order chi connectivity index (χ1) is 17.0. The predicted molar refractivity (Wildman–Crippen MR) is 139 cm³/mol. The first-order valence-electron chi connectivity index (χ1n) is 13.0. The fraction of sp³-hybridized carbons (Fsp3) is 0.667. The highest BCUT2D eigenvalue weighted by Crippen LogP contribution is 2.28. The third-order valence-corrected chi connectivity index (χ3v) is 6.39. The Morgan fingerprint density at radius 3 is 2.25 bits per heavy atom. The van der Waals surface area contributed by atoms with Crippen molar-refractivity contribution in [1.82, 2.24) is 16.0 Å². The van der Waals surface area contributed by atoms with Crippen LogP contribution in [0.4, 0.5) is 4.79 Å². The maximum atomic E-state index is 13.1. The molecule has 9 nitrogen and oxygen atoms in total. The number of carbonyl (C=O) groups is 3. The molecule has 0 saturated heterocycles. The van der Waals surface area contributed by atoms with E-state index in [1.807, 2.05) is 30.3 Å². The van der Waals surface area contributed by atoms with E-state index in [1.54, 1.807) is 27.7 Å². The molecule has 0 aliphatic heterocycles. The molecule has 6 N–H and O–H groups in total. The van der Waals surface area contributed by atoms with Crippen LogP contribution in [0.15, 0.2) is 30.3 Å². The van der Waals surface area contributed by atoms with E-state index in [0.29, 0.717) is 12.3 Å². The summed E-state index contributed by atoms with van der Waals surface area (Å²) in [5.74, 6) is -0.480. The van der Waals surface area contributed by atoms with Gasteiger partial charge in [0, 0.05) is 13.0 Å². The molecule has 36 heavy (non-hydrogen) atoms. The topological polar surface area (TPSA) is 143 Å². The molecule has 0 spiro atoms. The number of aliphatic hydroxyl groups excluding tert-OH is 1. The van der Waals surface area contributed by atoms with Crippen molar-refractivity contribution in [2.24, 2.45) is 11.7 Å². The monoisotopic (exact) mass is 504 g/mol. The Hall–Kier alpha value is -2.65. The van der Waals surface area contributed by atoms with Crippen molar-refractivity contribution in [1.29, 1.82) is 0 Å². The van der Waals surface area contributed by atoms with Gasteiger partial charge in [-0.25, -0.2) is 4.79 Å². The maximum Gasteiger partial charge on any atom is 0.408 e. The smallest absolute Gasteiger partial charge is 0.408 e. The minimum absolute atomic E-state index is 0.0391. The number of nitrogens with two attached hydrogens (primary N) is 1. The lowest BCUT2D eigenvalue weighted by atomic mass is 9.83. The zero-order valence-electron chi connectivity index (χ0n) is 22.1. The molecule has 1 aliphatic carbocycles. The molecular formula is C27H44N4O5. The Labute approximate surface area is 214 Å². The van der Waals surface area contributed by atoms with Crippen LogP contribution in [-0.2, 0) is 20.7 Å². The largest absolute Gasteiger partial charge is 0.444 e. The summed E-state index contributed by atoms with van der Waals surface area (Å²) in [6.45, 7) is 6.84. The highest BCUT2D eigenvalue weighted by atomic mass is 16.6. The molecule has 1 saturated carbocycles. The molecule has 9 heteroatoms. The lowest BCUT2D eigenvalue weighted by Crippen LogP contribution is -2.56. The van der Waals surface area contributed by atoms with Crippen LogP contribution in [0.3, 0.4) is 0 Å². The Morgan fingerprint density at radius 2 is 1.67 bits per heavy atom. The van der Waals surface area contributed by atoms with Gasteiger partial charge in [-0.2, -0.15) is 0 Å². The molecule has 0 aromatic heterocycles. The number of carbonyl (C=O) groups excluding carboxylic acids is 3. The van der Waals surface area contributed by atoms with Crippen molar-refractivity contribution in [2.45, 2.75) is 102 Å². The van der Waals surface area contributed by atoms with E-state index in [4.69, 9.17) is 10.5 Å². The first-order valence-corrected chi connectivity index (χ1v) is 13.0. The molecule has 0 heterocycles. The van der Waals surface area contributed by atoms with Crippen molar-refractivity contribution in [3.8, 4) is 0 Å². The quantitative estimate of drug-likeness (QED) is 0.313. The summed E-state index contributed by atoms with van der Waals surface area (Å²) in [4.78, 5) is 38.5. The number of rotatable bonds is 11. The second-order valence-electron chi connectivity index (χ2n) is 10.8. The highest BCUT2D eigenvalue weighted by Gasteiger charge is 2.30. The number of alkyl carbamates (subject to hydrolysis) is 1. The van der Waals surface area contributed by atoms with Crippen LogP contribution < -0.4 is 21.7 Å². The van der Waals surface area contributed by atoms with E-state index in [1.165, 1.54) is 6.42 Å². The minimum Gasteiger partial charge on any atom is -0.444 e. The summed E-state index contributed by atoms with van der Waals surface area (Å²) < 4.78 is 5.32. The van der Waals surface area contributed by atoms with E-state index in [0.717, 1.165) is 31.2 Å². The van der Waals surface area contributed by atoms with Gasteiger partial charge in [0.25, 0.3) is 0 Å². The fourth-order valence-electron chi connectivity index (χ4n) is 4.45. The van der Waals surface area contributed by atoms with Gasteiger partial charge < -0.3 is 31.5 Å². The van der Waals surface area contributed by atoms with E-state index >= 15 is 0 Å². The minimum atomic E-state index is -0.940. The Morgan fingerprint density at radius 1 is 1.03 bits per heavy atom. The Kier molecular flexibility index (Phi) is 11.7. The number of amides is 3. The molecule has 1 aromatic carbocycles. The molecule has 1 fully saturated rings. The predicted octanol–water partition coefficient (Wildman–Crippen LogP) is 2.40. The molecule has 202 valence electrons. The summed E-state index contributed by atoms with van der Waals surface area (Å²) in [5, 5.41) is 18.6. The number of hydrogen-bond acceptors (Lipinski definition) is 6. The van der Waals surface area contributed by atoms with Crippen LogP contribution >= 0.6 is 0 Å². The summed E-state index contributed by atoms with van der Waals surface area (Å²) >= 11 is 0. The first kappa shape index (κ1) is 29.6. The number of benzene rings is 1. The summed E-state index contributed by atoms with van der Waals surface area (Å²) in [7, 11) is 0. The number of hydrogen-bond donors (Lipinski definition) is 5. The van der Waals surface area contributed by atoms with Crippen molar-refractivity contribution in [2.75, 3.05) is 6.54 Å². The normalized spacial score (nSPS) is 17.8. The molecule has 1 unspecified atom stereocenters. The molecule has 0 radical (unpaired) electrons. The van der Waals surface area contributed by atoms with Crippen molar-refractivity contribution in [3.05, 3.63) is 35.9 Å². The molecule has 1 aliphatic rings. The number of aliphatic hydroxyl groups is 1. The van der Waals surface area contributed by atoms with Crippen LogP contribution in [0.25, 0.3) is 0 Å². The SMILES string of the molecule is C[C@H](NC(=O)[C@H](Cc1ccccc1)NC(=O)OC(C)(C)C)C(=O)N[C@@H](CC1CCCCC1)C(O)CN. The van der Waals surface area contributed by atoms with Crippen LogP contribution in [0.2, 0.25) is 0 Å². The number of ether oxygens (including phenoxy) is 1. The van der Waals surface area contributed by atoms with Gasteiger partial charge in [-0.05, 0) is 45.6 Å². The van der Waals surface area contributed by atoms with Gasteiger partial charge in [-0.1, -0.05) is 62.4 Å². The zero-order chi connectivity index (χ0) is 26.7. The molecule has 3 amide bonds. The molecule has 2 rings (SSSR count). The second kappa shape index (κ2) is 14.2. The van der Waals surface area contributed by atoms with Crippen molar-refractivity contribution < 1.29 is 24.2 Å². The number of nitrogens with one attached hydrogen (secondary N) is 3. The van der Waals surface area contributed by atoms with Crippen LogP contribution in [-0.4, -0.2) is 59.4 Å². The van der Waals surface area contributed by atoms with Gasteiger partial charge in [0.2, 0.25) is 11.8 Å². The summed E-state index contributed by atoms with van der Waals surface area (Å²) in [5.41, 5.74) is 5.82. The van der Waals surface area contributed by atoms with Gasteiger partial charge in [0.1, 0.15) is 17.7 Å². The second-order valence-corrected chi connectivity index (χ2v) is 10.8. The fourth-order valence-corrected chi connectivity index (χ4v) is 4.45. The third-order valence-electron chi connectivity index (χ3n) is 6.39. The van der Waals surface area contributed by atoms with Crippen molar-refractivity contribution >= 4 is 17.9 Å². The van der Waals surface area contributed by atoms with Crippen LogP contribution in [0.5, 0.6) is 0 Å². The van der Waals surface area contributed by atoms with E-state index in [2.05, 4.69) is 16.0 Å². The van der Waals surface area contributed by atoms with Crippen LogP contribution in [0, 0.1) is 5.92 Å².